The zero-order valence-electron chi connectivity index (χ0n) is 9.49. The molecule has 1 saturated heterocycles. The minimum absolute atomic E-state index is 0.112. The number of nitrogens with zero attached hydrogens (tertiary/aromatic N) is 2. The van der Waals surface area contributed by atoms with Crippen LogP contribution in [-0.2, 0) is 0 Å². The molecule has 0 unspecified atom stereocenters. The highest BCUT2D eigenvalue weighted by Gasteiger charge is 2.36. The van der Waals surface area contributed by atoms with Crippen LogP contribution in [-0.4, -0.2) is 33.1 Å². The van der Waals surface area contributed by atoms with Crippen molar-refractivity contribution < 1.29 is 4.79 Å². The molecule has 16 heavy (non-hydrogen) atoms. The smallest absolute Gasteiger partial charge is 0.274 e. The third kappa shape index (κ3) is 1.85. The lowest BCUT2D eigenvalue weighted by Crippen LogP contribution is -2.43. The van der Waals surface area contributed by atoms with Crippen molar-refractivity contribution in [1.29, 1.82) is 0 Å². The molecule has 1 aliphatic rings. The predicted octanol–water partition coefficient (Wildman–Crippen LogP) is 0.784. The summed E-state index contributed by atoms with van der Waals surface area (Å²) in [6.45, 7) is 4.85. The van der Waals surface area contributed by atoms with Gasteiger partial charge in [-0.3, -0.25) is 9.59 Å². The SMILES string of the molecule is CC1(C)CCCN1C(=O)c1ccc(=O)[nH]n1. The van der Waals surface area contributed by atoms with Gasteiger partial charge in [-0.1, -0.05) is 0 Å². The van der Waals surface area contributed by atoms with Crippen LogP contribution in [0.4, 0.5) is 0 Å². The van der Waals surface area contributed by atoms with Crippen molar-refractivity contribution in [1.82, 2.24) is 15.1 Å². The van der Waals surface area contributed by atoms with Crippen molar-refractivity contribution in [3.05, 3.63) is 28.2 Å². The average Bonchev–Trinajstić information content (AvgIpc) is 2.58. The Balaban J connectivity index is 2.25. The van der Waals surface area contributed by atoms with Gasteiger partial charge in [-0.25, -0.2) is 5.10 Å². The van der Waals surface area contributed by atoms with Crippen molar-refractivity contribution in [2.75, 3.05) is 6.54 Å². The number of carbonyl (C=O) groups excluding carboxylic acids is 1. The maximum absolute atomic E-state index is 12.1. The summed E-state index contributed by atoms with van der Waals surface area (Å²) >= 11 is 0. The van der Waals surface area contributed by atoms with Crippen LogP contribution < -0.4 is 5.56 Å². The molecule has 0 aliphatic carbocycles. The minimum atomic E-state index is -0.294. The van der Waals surface area contributed by atoms with E-state index >= 15 is 0 Å². The molecule has 5 heteroatoms. The van der Waals surface area contributed by atoms with Crippen molar-refractivity contribution in [2.24, 2.45) is 0 Å². The van der Waals surface area contributed by atoms with Gasteiger partial charge in [-0.2, -0.15) is 5.10 Å². The monoisotopic (exact) mass is 221 g/mol. The Morgan fingerprint density at radius 3 is 2.75 bits per heavy atom. The fourth-order valence-electron chi connectivity index (χ4n) is 2.09. The van der Waals surface area contributed by atoms with E-state index in [4.69, 9.17) is 0 Å². The van der Waals surface area contributed by atoms with E-state index in [0.717, 1.165) is 19.4 Å². The molecule has 86 valence electrons. The van der Waals surface area contributed by atoms with Crippen LogP contribution in [0.1, 0.15) is 37.2 Å². The highest BCUT2D eigenvalue weighted by Crippen LogP contribution is 2.29. The number of nitrogens with one attached hydrogen (secondary N) is 1. The summed E-state index contributed by atoms with van der Waals surface area (Å²) in [4.78, 5) is 24.8. The van der Waals surface area contributed by atoms with E-state index < -0.39 is 0 Å². The van der Waals surface area contributed by atoms with Gasteiger partial charge in [0.2, 0.25) is 0 Å². The highest BCUT2D eigenvalue weighted by molar-refractivity contribution is 5.92. The third-order valence-corrected chi connectivity index (χ3v) is 3.04. The number of H-pyrrole nitrogens is 1. The molecular weight excluding hydrogens is 206 g/mol. The van der Waals surface area contributed by atoms with Crippen LogP contribution in [0.5, 0.6) is 0 Å². The second-order valence-corrected chi connectivity index (χ2v) is 4.68. The Morgan fingerprint density at radius 1 is 1.50 bits per heavy atom. The number of rotatable bonds is 1. The Bertz CT molecular complexity index is 444. The van der Waals surface area contributed by atoms with Gasteiger partial charge in [0.1, 0.15) is 5.69 Å². The van der Waals surface area contributed by atoms with Crippen molar-refractivity contribution in [3.63, 3.8) is 0 Å². The lowest BCUT2D eigenvalue weighted by molar-refractivity contribution is 0.0644. The standard InChI is InChI=1S/C11H15N3O2/c1-11(2)6-3-7-14(11)10(16)8-4-5-9(15)13-12-8/h4-5H,3,6-7H2,1-2H3,(H,13,15). The highest BCUT2D eigenvalue weighted by atomic mass is 16.2. The number of carbonyl (C=O) groups is 1. The van der Waals surface area contributed by atoms with Crippen LogP contribution in [0.2, 0.25) is 0 Å². The van der Waals surface area contributed by atoms with E-state index in [0.29, 0.717) is 5.69 Å². The van der Waals surface area contributed by atoms with Gasteiger partial charge in [0.05, 0.1) is 0 Å². The second kappa shape index (κ2) is 3.73. The Kier molecular flexibility index (Phi) is 2.53. The lowest BCUT2D eigenvalue weighted by atomic mass is 10.0. The largest absolute Gasteiger partial charge is 0.332 e. The van der Waals surface area contributed by atoms with E-state index in [1.54, 1.807) is 0 Å². The summed E-state index contributed by atoms with van der Waals surface area (Å²) in [6.07, 6.45) is 2.02. The molecule has 2 heterocycles. The Morgan fingerprint density at radius 2 is 2.25 bits per heavy atom. The molecule has 1 aromatic rings. The minimum Gasteiger partial charge on any atom is -0.332 e. The lowest BCUT2D eigenvalue weighted by Gasteiger charge is -2.31. The molecule has 1 N–H and O–H groups in total. The number of aromatic nitrogens is 2. The first-order valence-corrected chi connectivity index (χ1v) is 5.38. The summed E-state index contributed by atoms with van der Waals surface area (Å²) in [7, 11) is 0. The maximum Gasteiger partial charge on any atom is 0.274 e. The zero-order valence-corrected chi connectivity index (χ0v) is 9.49. The van der Waals surface area contributed by atoms with Crippen LogP contribution >= 0.6 is 0 Å². The number of amides is 1. The fourth-order valence-corrected chi connectivity index (χ4v) is 2.09. The molecule has 0 radical (unpaired) electrons. The van der Waals surface area contributed by atoms with Crippen LogP contribution in [0.3, 0.4) is 0 Å². The van der Waals surface area contributed by atoms with Crippen molar-refractivity contribution in [2.45, 2.75) is 32.2 Å². The second-order valence-electron chi connectivity index (χ2n) is 4.68. The molecule has 0 spiro atoms. The molecule has 0 saturated carbocycles. The van der Waals surface area contributed by atoms with Crippen molar-refractivity contribution in [3.8, 4) is 0 Å². The van der Waals surface area contributed by atoms with Gasteiger partial charge in [0, 0.05) is 18.2 Å². The quantitative estimate of drug-likeness (QED) is 0.762. The first-order valence-electron chi connectivity index (χ1n) is 5.38. The molecule has 2 rings (SSSR count). The third-order valence-electron chi connectivity index (χ3n) is 3.04. The van der Waals surface area contributed by atoms with Gasteiger partial charge in [-0.05, 0) is 32.8 Å². The van der Waals surface area contributed by atoms with E-state index in [1.807, 2.05) is 18.7 Å². The Hall–Kier alpha value is -1.65. The molecular formula is C11H15N3O2. The van der Waals surface area contributed by atoms with E-state index in [9.17, 15) is 9.59 Å². The summed E-state index contributed by atoms with van der Waals surface area (Å²) in [6, 6.07) is 2.79. The normalized spacial score (nSPS) is 18.8. The average molecular weight is 221 g/mol. The molecule has 5 nitrogen and oxygen atoms in total. The Labute approximate surface area is 93.5 Å². The first kappa shape index (κ1) is 10.9. The number of likely N-dealkylation sites (tertiary alicyclic amines) is 1. The number of aromatic amines is 1. The summed E-state index contributed by atoms with van der Waals surface area (Å²) in [5.41, 5.74) is -0.110. The molecule has 0 aromatic carbocycles. The van der Waals surface area contributed by atoms with E-state index in [-0.39, 0.29) is 17.0 Å². The van der Waals surface area contributed by atoms with E-state index in [1.165, 1.54) is 12.1 Å². The van der Waals surface area contributed by atoms with Gasteiger partial charge in [0.15, 0.2) is 0 Å². The van der Waals surface area contributed by atoms with E-state index in [2.05, 4.69) is 10.2 Å². The number of hydrogen-bond acceptors (Lipinski definition) is 3. The molecule has 1 fully saturated rings. The fraction of sp³-hybridized carbons (Fsp3) is 0.545. The van der Waals surface area contributed by atoms with Gasteiger partial charge in [-0.15, -0.1) is 0 Å². The summed E-state index contributed by atoms with van der Waals surface area (Å²) in [5.74, 6) is -0.112. The molecule has 1 aliphatic heterocycles. The molecule has 0 atom stereocenters. The molecule has 0 bridgehead atoms. The maximum atomic E-state index is 12.1. The van der Waals surface area contributed by atoms with Crippen LogP contribution in [0, 0.1) is 0 Å². The van der Waals surface area contributed by atoms with Crippen LogP contribution in [0.25, 0.3) is 0 Å². The zero-order chi connectivity index (χ0) is 11.8. The summed E-state index contributed by atoms with van der Waals surface area (Å²) < 4.78 is 0. The predicted molar refractivity (Wildman–Crippen MR) is 59.2 cm³/mol. The van der Waals surface area contributed by atoms with Crippen LogP contribution in [0.15, 0.2) is 16.9 Å². The molecule has 1 amide bonds. The van der Waals surface area contributed by atoms with Gasteiger partial charge >= 0.3 is 0 Å². The van der Waals surface area contributed by atoms with Crippen molar-refractivity contribution >= 4 is 5.91 Å². The topological polar surface area (TPSA) is 66.1 Å². The molecule has 1 aromatic heterocycles. The van der Waals surface area contributed by atoms with Gasteiger partial charge < -0.3 is 4.90 Å². The first-order chi connectivity index (χ1) is 7.50. The summed E-state index contributed by atoms with van der Waals surface area (Å²) in [5, 5.41) is 6.04. The number of hydrogen-bond donors (Lipinski definition) is 1. The van der Waals surface area contributed by atoms with Gasteiger partial charge in [0.25, 0.3) is 11.5 Å².